The highest BCUT2D eigenvalue weighted by atomic mass is 35.5. The second-order valence-electron chi connectivity index (χ2n) is 6.69. The van der Waals surface area contributed by atoms with Crippen LogP contribution in [0.5, 0.6) is 0 Å². The van der Waals surface area contributed by atoms with Gasteiger partial charge in [-0.15, -0.1) is 0 Å². The number of benzene rings is 2. The van der Waals surface area contributed by atoms with Gasteiger partial charge < -0.3 is 5.32 Å². The second kappa shape index (κ2) is 7.70. The largest absolute Gasteiger partial charge is 0.308 e. The first-order valence-electron chi connectivity index (χ1n) is 8.53. The summed E-state index contributed by atoms with van der Waals surface area (Å²) in [5.74, 6) is -0.690. The topological polar surface area (TPSA) is 105 Å². The van der Waals surface area contributed by atoms with E-state index >= 15 is 0 Å². The molecule has 0 unspecified atom stereocenters. The first-order valence-corrected chi connectivity index (χ1v) is 10.4. The van der Waals surface area contributed by atoms with Crippen LogP contribution in [0.15, 0.2) is 65.7 Å². The van der Waals surface area contributed by atoms with E-state index in [9.17, 15) is 18.5 Å². The molecule has 9 heteroatoms. The van der Waals surface area contributed by atoms with Crippen LogP contribution >= 0.6 is 11.6 Å². The fourth-order valence-electron chi connectivity index (χ4n) is 2.60. The fraction of sp³-hybridized carbons (Fsp3) is 0.150. The van der Waals surface area contributed by atoms with Gasteiger partial charge in [0.15, 0.2) is 15.7 Å². The Morgan fingerprint density at radius 1 is 1.14 bits per heavy atom. The number of hydrogen-bond donors (Lipinski definition) is 1. The van der Waals surface area contributed by atoms with Crippen LogP contribution in [0.3, 0.4) is 0 Å². The molecule has 2 aromatic carbocycles. The fourth-order valence-corrected chi connectivity index (χ4v) is 4.11. The van der Waals surface area contributed by atoms with Gasteiger partial charge in [-0.25, -0.2) is 13.1 Å². The number of rotatable bonds is 5. The van der Waals surface area contributed by atoms with Gasteiger partial charge in [0.05, 0.1) is 16.8 Å². The van der Waals surface area contributed by atoms with Crippen molar-refractivity contribution in [1.29, 1.82) is 5.26 Å². The van der Waals surface area contributed by atoms with Crippen molar-refractivity contribution in [2.75, 3.05) is 5.32 Å². The standard InChI is InChI=1S/C20H17ClN4O3S/c1-20(2,29(27,28)17-10-8-15(21)9-11-17)19(26)24-18-14(12-22)13-23-25(18)16-6-4-3-5-7-16/h3-11,13H,1-2H3,(H,24,26). The number of nitriles is 1. The maximum atomic E-state index is 13.1. The van der Waals surface area contributed by atoms with E-state index in [1.807, 2.05) is 12.1 Å². The number of nitrogens with one attached hydrogen (secondary N) is 1. The highest BCUT2D eigenvalue weighted by molar-refractivity contribution is 7.93. The van der Waals surface area contributed by atoms with Gasteiger partial charge in [0.2, 0.25) is 5.91 Å². The minimum absolute atomic E-state index is 0.0286. The van der Waals surface area contributed by atoms with Crippen LogP contribution in [-0.2, 0) is 14.6 Å². The molecule has 1 N–H and O–H groups in total. The molecule has 3 rings (SSSR count). The minimum atomic E-state index is -4.04. The monoisotopic (exact) mass is 428 g/mol. The summed E-state index contributed by atoms with van der Waals surface area (Å²) in [7, 11) is -4.04. The van der Waals surface area contributed by atoms with Crippen molar-refractivity contribution < 1.29 is 13.2 Å². The number of nitrogens with zero attached hydrogens (tertiary/aromatic N) is 3. The third-order valence-electron chi connectivity index (χ3n) is 4.46. The Morgan fingerprint density at radius 2 is 1.76 bits per heavy atom. The Balaban J connectivity index is 1.99. The van der Waals surface area contributed by atoms with Crippen molar-refractivity contribution in [2.45, 2.75) is 23.5 Å². The summed E-state index contributed by atoms with van der Waals surface area (Å²) in [6.07, 6.45) is 1.31. The van der Waals surface area contributed by atoms with E-state index in [1.165, 1.54) is 49.0 Å². The zero-order valence-corrected chi connectivity index (χ0v) is 17.2. The first-order chi connectivity index (χ1) is 13.7. The molecule has 1 amide bonds. The molecular formula is C20H17ClN4O3S. The van der Waals surface area contributed by atoms with Crippen molar-refractivity contribution in [3.63, 3.8) is 0 Å². The molecule has 1 aromatic heterocycles. The molecule has 0 aliphatic carbocycles. The molecule has 7 nitrogen and oxygen atoms in total. The Kier molecular flexibility index (Phi) is 5.46. The number of amides is 1. The Labute approximate surface area is 173 Å². The second-order valence-corrected chi connectivity index (χ2v) is 9.62. The number of carbonyl (C=O) groups is 1. The SMILES string of the molecule is CC(C)(C(=O)Nc1c(C#N)cnn1-c1ccccc1)S(=O)(=O)c1ccc(Cl)cc1. The van der Waals surface area contributed by atoms with Crippen LogP contribution in [0.25, 0.3) is 5.69 Å². The van der Waals surface area contributed by atoms with Gasteiger partial charge in [0.25, 0.3) is 0 Å². The third kappa shape index (κ3) is 3.75. The van der Waals surface area contributed by atoms with E-state index < -0.39 is 20.5 Å². The van der Waals surface area contributed by atoms with E-state index in [-0.39, 0.29) is 16.3 Å². The lowest BCUT2D eigenvalue weighted by Gasteiger charge is -2.24. The summed E-state index contributed by atoms with van der Waals surface area (Å²) in [6, 6.07) is 16.4. The van der Waals surface area contributed by atoms with Crippen LogP contribution in [0, 0.1) is 11.3 Å². The van der Waals surface area contributed by atoms with Crippen LogP contribution in [0.4, 0.5) is 5.82 Å². The molecule has 1 heterocycles. The molecule has 0 aliphatic rings. The van der Waals surface area contributed by atoms with Gasteiger partial charge in [-0.1, -0.05) is 29.8 Å². The number of para-hydroxylation sites is 1. The molecule has 29 heavy (non-hydrogen) atoms. The molecule has 3 aromatic rings. The van der Waals surface area contributed by atoms with Crippen molar-refractivity contribution in [3.8, 4) is 11.8 Å². The summed E-state index contributed by atoms with van der Waals surface area (Å²) < 4.78 is 25.7. The van der Waals surface area contributed by atoms with E-state index in [0.717, 1.165) is 0 Å². The molecule has 0 fully saturated rings. The summed E-state index contributed by atoms with van der Waals surface area (Å²) in [5, 5.41) is 16.5. The van der Waals surface area contributed by atoms with Crippen LogP contribution in [0.2, 0.25) is 5.02 Å². The first kappa shape index (κ1) is 20.6. The quantitative estimate of drug-likeness (QED) is 0.668. The normalized spacial score (nSPS) is 11.7. The zero-order valence-electron chi connectivity index (χ0n) is 15.6. The minimum Gasteiger partial charge on any atom is -0.308 e. The van der Waals surface area contributed by atoms with Crippen molar-refractivity contribution in [1.82, 2.24) is 9.78 Å². The number of sulfone groups is 1. The van der Waals surface area contributed by atoms with Crippen LogP contribution in [-0.4, -0.2) is 28.9 Å². The van der Waals surface area contributed by atoms with Gasteiger partial charge in [-0.2, -0.15) is 10.4 Å². The Hall–Kier alpha value is -3.15. The molecular weight excluding hydrogens is 412 g/mol. The lowest BCUT2D eigenvalue weighted by atomic mass is 10.2. The smallest absolute Gasteiger partial charge is 0.246 e. The van der Waals surface area contributed by atoms with Gasteiger partial charge in [0, 0.05) is 5.02 Å². The van der Waals surface area contributed by atoms with Gasteiger partial charge in [-0.3, -0.25) is 4.79 Å². The molecule has 0 saturated carbocycles. The molecule has 0 radical (unpaired) electrons. The summed E-state index contributed by atoms with van der Waals surface area (Å²) in [4.78, 5) is 13.0. The van der Waals surface area contributed by atoms with E-state index in [0.29, 0.717) is 10.7 Å². The maximum Gasteiger partial charge on any atom is 0.246 e. The average molecular weight is 429 g/mol. The highest BCUT2D eigenvalue weighted by Crippen LogP contribution is 2.29. The highest BCUT2D eigenvalue weighted by Gasteiger charge is 2.43. The van der Waals surface area contributed by atoms with E-state index in [2.05, 4.69) is 10.4 Å². The lowest BCUT2D eigenvalue weighted by Crippen LogP contribution is -2.44. The van der Waals surface area contributed by atoms with Gasteiger partial charge in [0.1, 0.15) is 16.4 Å². The predicted octanol–water partition coefficient (Wildman–Crippen LogP) is 3.59. The maximum absolute atomic E-state index is 13.1. The van der Waals surface area contributed by atoms with Crippen LogP contribution < -0.4 is 5.32 Å². The molecule has 0 bridgehead atoms. The molecule has 0 aliphatic heterocycles. The van der Waals surface area contributed by atoms with E-state index in [4.69, 9.17) is 11.6 Å². The summed E-state index contributed by atoms with van der Waals surface area (Å²) in [5.41, 5.74) is 0.726. The Morgan fingerprint density at radius 3 is 2.34 bits per heavy atom. The van der Waals surface area contributed by atoms with Crippen LogP contribution in [0.1, 0.15) is 19.4 Å². The van der Waals surface area contributed by atoms with Crippen molar-refractivity contribution >= 4 is 33.2 Å². The summed E-state index contributed by atoms with van der Waals surface area (Å²) in [6.45, 7) is 2.61. The zero-order chi connectivity index (χ0) is 21.2. The van der Waals surface area contributed by atoms with Crippen molar-refractivity contribution in [2.24, 2.45) is 0 Å². The molecule has 0 atom stereocenters. The Bertz CT molecular complexity index is 1190. The average Bonchev–Trinajstić information content (AvgIpc) is 3.11. The molecule has 0 spiro atoms. The lowest BCUT2D eigenvalue weighted by molar-refractivity contribution is -0.117. The van der Waals surface area contributed by atoms with E-state index in [1.54, 1.807) is 24.3 Å². The predicted molar refractivity (Wildman–Crippen MR) is 110 cm³/mol. The van der Waals surface area contributed by atoms with Gasteiger partial charge >= 0.3 is 0 Å². The number of aromatic nitrogens is 2. The third-order valence-corrected chi connectivity index (χ3v) is 7.14. The number of anilines is 1. The number of halogens is 1. The van der Waals surface area contributed by atoms with Gasteiger partial charge in [-0.05, 0) is 50.2 Å². The number of carbonyl (C=O) groups excluding carboxylic acids is 1. The number of hydrogen-bond acceptors (Lipinski definition) is 5. The van der Waals surface area contributed by atoms with Crippen molar-refractivity contribution in [3.05, 3.63) is 71.4 Å². The molecule has 0 saturated heterocycles. The summed E-state index contributed by atoms with van der Waals surface area (Å²) >= 11 is 5.83. The molecule has 148 valence electrons.